The third-order valence-electron chi connectivity index (χ3n) is 5.77. The van der Waals surface area contributed by atoms with Gasteiger partial charge in [0.1, 0.15) is 23.4 Å². The number of methoxy groups -OCH3 is 1. The average Bonchev–Trinajstić information content (AvgIpc) is 3.36. The number of fused-ring (bicyclic) bond motifs is 1. The van der Waals surface area contributed by atoms with Crippen LogP contribution in [0.3, 0.4) is 0 Å². The van der Waals surface area contributed by atoms with Gasteiger partial charge in [-0.15, -0.1) is 0 Å². The maximum atomic E-state index is 12.0. The maximum absolute atomic E-state index is 12.0. The first-order chi connectivity index (χ1) is 12.3. The highest BCUT2D eigenvalue weighted by Gasteiger charge is 2.61. The molecule has 1 saturated heterocycles. The van der Waals surface area contributed by atoms with E-state index in [1.165, 1.54) is 6.26 Å². The van der Waals surface area contributed by atoms with Crippen LogP contribution in [0.4, 0.5) is 5.82 Å². The fourth-order valence-electron chi connectivity index (χ4n) is 4.28. The summed E-state index contributed by atoms with van der Waals surface area (Å²) in [6.07, 6.45) is 5.23. The van der Waals surface area contributed by atoms with Gasteiger partial charge in [0.05, 0.1) is 18.5 Å². The summed E-state index contributed by atoms with van der Waals surface area (Å²) in [5.41, 5.74) is -0.549. The zero-order valence-electron chi connectivity index (χ0n) is 15.1. The summed E-state index contributed by atoms with van der Waals surface area (Å²) >= 11 is 0. The van der Waals surface area contributed by atoms with Gasteiger partial charge < -0.3 is 14.7 Å². The molecule has 0 radical (unpaired) electrons. The van der Waals surface area contributed by atoms with E-state index in [-0.39, 0.29) is 11.2 Å². The molecule has 26 heavy (non-hydrogen) atoms. The standard InChI is InChI=1S/C18H24N4O3S/c1-25-14-5-3-4-13-15(14)20-12-21-16(13)22-9-8-18(23,11-26(2,19)24)17(10-22)6-7-17/h3-5,12,19,23H,6-11H2,1-2H3. The Labute approximate surface area is 153 Å². The van der Waals surface area contributed by atoms with E-state index in [2.05, 4.69) is 14.9 Å². The van der Waals surface area contributed by atoms with Crippen molar-refractivity contribution >= 4 is 26.4 Å². The van der Waals surface area contributed by atoms with Crippen molar-refractivity contribution in [1.82, 2.24) is 9.97 Å². The van der Waals surface area contributed by atoms with Crippen molar-refractivity contribution < 1.29 is 14.1 Å². The van der Waals surface area contributed by atoms with Crippen molar-refractivity contribution in [2.75, 3.05) is 37.1 Å². The predicted octanol–water partition coefficient (Wildman–Crippen LogP) is 2.04. The van der Waals surface area contributed by atoms with Gasteiger partial charge in [-0.05, 0) is 31.4 Å². The number of piperidine rings is 1. The van der Waals surface area contributed by atoms with Crippen LogP contribution >= 0.6 is 0 Å². The molecule has 0 bridgehead atoms. The third-order valence-corrected chi connectivity index (χ3v) is 6.80. The molecule has 140 valence electrons. The molecule has 1 aromatic carbocycles. The first-order valence-corrected chi connectivity index (χ1v) is 10.9. The molecule has 8 heteroatoms. The lowest BCUT2D eigenvalue weighted by molar-refractivity contribution is -0.0275. The van der Waals surface area contributed by atoms with E-state index in [1.807, 2.05) is 18.2 Å². The molecule has 4 rings (SSSR count). The van der Waals surface area contributed by atoms with E-state index >= 15 is 0 Å². The SMILES string of the molecule is COc1cccc2c(N3CCC(O)(CS(C)(=N)=O)C4(CC4)C3)ncnc12. The van der Waals surface area contributed by atoms with Crippen molar-refractivity contribution in [2.45, 2.75) is 24.9 Å². The number of para-hydroxylation sites is 1. The van der Waals surface area contributed by atoms with Crippen LogP contribution in [0.5, 0.6) is 5.75 Å². The van der Waals surface area contributed by atoms with Crippen LogP contribution in [0.1, 0.15) is 19.3 Å². The number of ether oxygens (including phenoxy) is 1. The Morgan fingerprint density at radius 2 is 2.12 bits per heavy atom. The second-order valence-corrected chi connectivity index (χ2v) is 9.99. The lowest BCUT2D eigenvalue weighted by Crippen LogP contribution is -2.57. The molecule has 2 fully saturated rings. The lowest BCUT2D eigenvalue weighted by atomic mass is 9.79. The Morgan fingerprint density at radius 1 is 1.35 bits per heavy atom. The van der Waals surface area contributed by atoms with Crippen molar-refractivity contribution in [1.29, 1.82) is 4.78 Å². The van der Waals surface area contributed by atoms with E-state index in [1.54, 1.807) is 13.4 Å². The van der Waals surface area contributed by atoms with E-state index in [9.17, 15) is 9.32 Å². The molecule has 1 aliphatic heterocycles. The van der Waals surface area contributed by atoms with Gasteiger partial charge in [0.2, 0.25) is 0 Å². The Balaban J connectivity index is 1.69. The fraction of sp³-hybridized carbons (Fsp3) is 0.556. The normalized spacial score (nSPS) is 26.7. The maximum Gasteiger partial charge on any atom is 0.145 e. The van der Waals surface area contributed by atoms with Crippen LogP contribution in [0.25, 0.3) is 10.9 Å². The fourth-order valence-corrected chi connectivity index (χ4v) is 5.64. The predicted molar refractivity (Wildman–Crippen MR) is 101 cm³/mol. The Hall–Kier alpha value is -1.93. The number of rotatable bonds is 4. The van der Waals surface area contributed by atoms with Crippen LogP contribution in [0, 0.1) is 10.2 Å². The zero-order valence-corrected chi connectivity index (χ0v) is 15.9. The zero-order chi connectivity index (χ0) is 18.6. The smallest absolute Gasteiger partial charge is 0.145 e. The lowest BCUT2D eigenvalue weighted by Gasteiger charge is -2.46. The highest BCUT2D eigenvalue weighted by molar-refractivity contribution is 7.91. The highest BCUT2D eigenvalue weighted by atomic mass is 32.2. The van der Waals surface area contributed by atoms with E-state index < -0.39 is 15.3 Å². The monoisotopic (exact) mass is 376 g/mol. The second-order valence-electron chi connectivity index (χ2n) is 7.69. The van der Waals surface area contributed by atoms with Crippen molar-refractivity contribution in [3.63, 3.8) is 0 Å². The summed E-state index contributed by atoms with van der Waals surface area (Å²) in [4.78, 5) is 11.1. The molecule has 1 aliphatic carbocycles. The third kappa shape index (κ3) is 2.81. The van der Waals surface area contributed by atoms with Crippen LogP contribution < -0.4 is 9.64 Å². The highest BCUT2D eigenvalue weighted by Crippen LogP contribution is 2.58. The molecule has 1 spiro atoms. The van der Waals surface area contributed by atoms with Crippen LogP contribution in [0.15, 0.2) is 24.5 Å². The number of benzene rings is 1. The number of nitrogens with one attached hydrogen (secondary N) is 1. The molecule has 2 aliphatic rings. The molecule has 0 amide bonds. The van der Waals surface area contributed by atoms with Gasteiger partial charge in [-0.3, -0.25) is 8.99 Å². The topological polar surface area (TPSA) is 99.4 Å². The summed E-state index contributed by atoms with van der Waals surface area (Å²) in [7, 11) is -1.12. The van der Waals surface area contributed by atoms with Crippen LogP contribution in [-0.4, -0.2) is 57.1 Å². The van der Waals surface area contributed by atoms with E-state index in [4.69, 9.17) is 9.52 Å². The Morgan fingerprint density at radius 3 is 2.77 bits per heavy atom. The van der Waals surface area contributed by atoms with E-state index in [0.29, 0.717) is 25.3 Å². The molecule has 7 nitrogen and oxygen atoms in total. The first kappa shape index (κ1) is 17.5. The molecule has 2 aromatic rings. The minimum absolute atomic E-state index is 0.0478. The summed E-state index contributed by atoms with van der Waals surface area (Å²) in [6.45, 7) is 1.26. The molecule has 2 unspecified atom stereocenters. The largest absolute Gasteiger partial charge is 0.494 e. The van der Waals surface area contributed by atoms with Gasteiger partial charge in [-0.25, -0.2) is 9.97 Å². The number of anilines is 1. The Kier molecular flexibility index (Phi) is 3.89. The number of hydrogen-bond donors (Lipinski definition) is 2. The number of aliphatic hydroxyl groups is 1. The molecular formula is C18H24N4O3S. The Bertz CT molecular complexity index is 958. The molecule has 2 atom stereocenters. The number of aromatic nitrogens is 2. The van der Waals surface area contributed by atoms with Gasteiger partial charge in [-0.1, -0.05) is 6.07 Å². The number of hydrogen-bond acceptors (Lipinski definition) is 7. The molecule has 1 aromatic heterocycles. The van der Waals surface area contributed by atoms with Crippen molar-refractivity contribution in [3.8, 4) is 5.75 Å². The van der Waals surface area contributed by atoms with Crippen LogP contribution in [0.2, 0.25) is 0 Å². The van der Waals surface area contributed by atoms with Gasteiger partial charge in [0.15, 0.2) is 0 Å². The molecular weight excluding hydrogens is 352 g/mol. The van der Waals surface area contributed by atoms with Gasteiger partial charge in [0.25, 0.3) is 0 Å². The molecule has 2 heterocycles. The van der Waals surface area contributed by atoms with Gasteiger partial charge in [-0.2, -0.15) is 0 Å². The summed E-state index contributed by atoms with van der Waals surface area (Å²) in [6, 6.07) is 5.78. The second kappa shape index (κ2) is 5.79. The quantitative estimate of drug-likeness (QED) is 0.847. The van der Waals surface area contributed by atoms with Crippen molar-refractivity contribution in [2.24, 2.45) is 5.41 Å². The average molecular weight is 376 g/mol. The summed E-state index contributed by atoms with van der Waals surface area (Å²) in [5.74, 6) is 1.60. The molecule has 1 saturated carbocycles. The molecule has 2 N–H and O–H groups in total. The first-order valence-electron chi connectivity index (χ1n) is 8.74. The number of nitrogens with zero attached hydrogens (tertiary/aromatic N) is 3. The van der Waals surface area contributed by atoms with Gasteiger partial charge in [0, 0.05) is 39.9 Å². The van der Waals surface area contributed by atoms with Crippen LogP contribution in [-0.2, 0) is 9.73 Å². The minimum Gasteiger partial charge on any atom is -0.494 e. The summed E-state index contributed by atoms with van der Waals surface area (Å²) < 4.78 is 25.2. The van der Waals surface area contributed by atoms with E-state index in [0.717, 1.165) is 29.6 Å². The van der Waals surface area contributed by atoms with Gasteiger partial charge >= 0.3 is 0 Å². The van der Waals surface area contributed by atoms with Crippen molar-refractivity contribution in [3.05, 3.63) is 24.5 Å². The summed E-state index contributed by atoms with van der Waals surface area (Å²) in [5, 5.41) is 12.1. The minimum atomic E-state index is -2.75.